The Balaban J connectivity index is 2.01. The number of morpholine rings is 1. The van der Waals surface area contributed by atoms with E-state index in [-0.39, 0.29) is 24.0 Å². The number of aromatic nitrogens is 3. The van der Waals surface area contributed by atoms with Crippen molar-refractivity contribution in [1.29, 1.82) is 0 Å². The van der Waals surface area contributed by atoms with E-state index < -0.39 is 8.07 Å². The average molecular weight is 454 g/mol. The van der Waals surface area contributed by atoms with Crippen LogP contribution in [0.25, 0.3) is 11.0 Å². The van der Waals surface area contributed by atoms with E-state index in [0.29, 0.717) is 49.9 Å². The van der Waals surface area contributed by atoms with Crippen molar-refractivity contribution < 1.29 is 14.3 Å². The largest absolute Gasteiger partial charge is 0.378 e. The molecule has 2 aromatic rings. The number of hydrogen-bond acceptors (Lipinski definition) is 6. The fourth-order valence-electron chi connectivity index (χ4n) is 3.31. The SMILES string of the molecule is CC(C)NC(=O)c1cc2nc(Cl)nc(N3CCOCC3)c2n1COCC[Si](C)(C)C. The van der Waals surface area contributed by atoms with Gasteiger partial charge in [-0.25, -0.2) is 4.98 Å². The van der Waals surface area contributed by atoms with Crippen LogP contribution in [0, 0.1) is 0 Å². The highest BCUT2D eigenvalue weighted by atomic mass is 35.5. The van der Waals surface area contributed by atoms with E-state index in [0.717, 1.165) is 11.6 Å². The molecule has 3 heterocycles. The van der Waals surface area contributed by atoms with Crippen LogP contribution in [0.5, 0.6) is 0 Å². The zero-order valence-electron chi connectivity index (χ0n) is 18.5. The summed E-state index contributed by atoms with van der Waals surface area (Å²) in [6, 6.07) is 2.84. The number of fused-ring (bicyclic) bond motifs is 1. The molecule has 3 rings (SSSR count). The molecule has 0 aliphatic carbocycles. The predicted molar refractivity (Wildman–Crippen MR) is 122 cm³/mol. The summed E-state index contributed by atoms with van der Waals surface area (Å²) in [5.41, 5.74) is 1.90. The molecule has 0 aromatic carbocycles. The molecule has 8 nitrogen and oxygen atoms in total. The molecule has 1 fully saturated rings. The highest BCUT2D eigenvalue weighted by Crippen LogP contribution is 2.29. The summed E-state index contributed by atoms with van der Waals surface area (Å²) in [4.78, 5) is 23.9. The van der Waals surface area contributed by atoms with Gasteiger partial charge in [-0.3, -0.25) is 4.79 Å². The molecule has 30 heavy (non-hydrogen) atoms. The normalized spacial score (nSPS) is 15.2. The third-order valence-electron chi connectivity index (χ3n) is 4.88. The third-order valence-corrected chi connectivity index (χ3v) is 6.75. The van der Waals surface area contributed by atoms with Gasteiger partial charge in [0, 0.05) is 33.8 Å². The van der Waals surface area contributed by atoms with Crippen LogP contribution in [0.3, 0.4) is 0 Å². The Bertz CT molecular complexity index is 891. The molecule has 0 radical (unpaired) electrons. The summed E-state index contributed by atoms with van der Waals surface area (Å²) in [5, 5.41) is 3.13. The van der Waals surface area contributed by atoms with Crippen LogP contribution in [0.15, 0.2) is 6.07 Å². The first-order chi connectivity index (χ1) is 14.2. The third kappa shape index (κ3) is 5.72. The van der Waals surface area contributed by atoms with Gasteiger partial charge >= 0.3 is 0 Å². The number of anilines is 1. The summed E-state index contributed by atoms with van der Waals surface area (Å²) in [5.74, 6) is 0.548. The maximum absolute atomic E-state index is 12.9. The van der Waals surface area contributed by atoms with Crippen LogP contribution in [-0.2, 0) is 16.2 Å². The molecule has 0 unspecified atom stereocenters. The first kappa shape index (κ1) is 23.0. The van der Waals surface area contributed by atoms with Gasteiger partial charge in [0.15, 0.2) is 5.82 Å². The van der Waals surface area contributed by atoms with E-state index in [1.807, 2.05) is 18.4 Å². The molecule has 1 N–H and O–H groups in total. The van der Waals surface area contributed by atoms with Crippen LogP contribution >= 0.6 is 11.6 Å². The number of nitrogens with zero attached hydrogens (tertiary/aromatic N) is 4. The zero-order valence-corrected chi connectivity index (χ0v) is 20.3. The Labute approximate surface area is 183 Å². The second-order valence-corrected chi connectivity index (χ2v) is 15.0. The van der Waals surface area contributed by atoms with Crippen molar-refractivity contribution in [3.05, 3.63) is 17.0 Å². The zero-order chi connectivity index (χ0) is 21.9. The number of rotatable bonds is 8. The number of nitrogens with one attached hydrogen (secondary N) is 1. The van der Waals surface area contributed by atoms with Crippen molar-refractivity contribution >= 4 is 42.4 Å². The molecule has 166 valence electrons. The Hall–Kier alpha value is -1.68. The second-order valence-electron chi connectivity index (χ2n) is 9.08. The van der Waals surface area contributed by atoms with Crippen molar-refractivity contribution in [3.63, 3.8) is 0 Å². The van der Waals surface area contributed by atoms with Crippen molar-refractivity contribution in [3.8, 4) is 0 Å². The molecule has 2 aromatic heterocycles. The molecule has 1 saturated heterocycles. The summed E-state index contributed by atoms with van der Waals surface area (Å²) < 4.78 is 13.4. The van der Waals surface area contributed by atoms with Gasteiger partial charge in [-0.2, -0.15) is 4.98 Å². The number of halogens is 1. The molecule has 1 aliphatic rings. The van der Waals surface area contributed by atoms with Gasteiger partial charge in [-0.1, -0.05) is 19.6 Å². The fraction of sp³-hybridized carbons (Fsp3) is 0.650. The van der Waals surface area contributed by atoms with Gasteiger partial charge in [0.25, 0.3) is 5.91 Å². The molecular weight excluding hydrogens is 422 g/mol. The lowest BCUT2D eigenvalue weighted by Gasteiger charge is -2.28. The molecule has 1 aliphatic heterocycles. The van der Waals surface area contributed by atoms with Crippen molar-refractivity contribution in [1.82, 2.24) is 19.9 Å². The highest BCUT2D eigenvalue weighted by molar-refractivity contribution is 6.76. The van der Waals surface area contributed by atoms with E-state index in [4.69, 9.17) is 21.1 Å². The van der Waals surface area contributed by atoms with Gasteiger partial charge in [0.1, 0.15) is 17.9 Å². The summed E-state index contributed by atoms with van der Waals surface area (Å²) in [7, 11) is -1.21. The molecule has 1 amide bonds. The van der Waals surface area contributed by atoms with Crippen molar-refractivity contribution in [2.24, 2.45) is 0 Å². The fourth-order valence-corrected chi connectivity index (χ4v) is 4.24. The standard InChI is InChI=1S/C20H32ClN5O3Si/c1-14(2)22-19(27)16-12-15-17(26(16)13-29-10-11-30(3,4)5)18(24-20(21)23-15)25-6-8-28-9-7-25/h12,14H,6-11,13H2,1-5H3,(H,22,27). The summed E-state index contributed by atoms with van der Waals surface area (Å²) in [6.45, 7) is 14.4. The Kier molecular flexibility index (Phi) is 7.38. The average Bonchev–Trinajstić information content (AvgIpc) is 3.02. The number of carbonyl (C=O) groups is 1. The predicted octanol–water partition coefficient (Wildman–Crippen LogP) is 3.37. The van der Waals surface area contributed by atoms with E-state index in [1.165, 1.54) is 0 Å². The number of ether oxygens (including phenoxy) is 2. The van der Waals surface area contributed by atoms with E-state index >= 15 is 0 Å². The van der Waals surface area contributed by atoms with Crippen molar-refractivity contribution in [2.45, 2.75) is 52.3 Å². The second kappa shape index (κ2) is 9.63. The molecule has 10 heteroatoms. The van der Waals surface area contributed by atoms with E-state index in [2.05, 4.69) is 39.8 Å². The van der Waals surface area contributed by atoms with Crippen LogP contribution in [-0.4, -0.2) is 67.5 Å². The minimum absolute atomic E-state index is 0.0187. The monoisotopic (exact) mass is 453 g/mol. The van der Waals surface area contributed by atoms with Gasteiger partial charge in [-0.15, -0.1) is 0 Å². The van der Waals surface area contributed by atoms with E-state index in [1.54, 1.807) is 6.07 Å². The first-order valence-electron chi connectivity index (χ1n) is 10.4. The first-order valence-corrected chi connectivity index (χ1v) is 14.5. The van der Waals surface area contributed by atoms with Gasteiger partial charge in [0.2, 0.25) is 5.28 Å². The Morgan fingerprint density at radius 2 is 2.00 bits per heavy atom. The molecule has 0 saturated carbocycles. The van der Waals surface area contributed by atoms with Crippen LogP contribution in [0.2, 0.25) is 31.0 Å². The lowest BCUT2D eigenvalue weighted by molar-refractivity contribution is 0.0806. The number of hydrogen-bond donors (Lipinski definition) is 1. The minimum Gasteiger partial charge on any atom is -0.378 e. The molecule has 0 spiro atoms. The van der Waals surface area contributed by atoms with E-state index in [9.17, 15) is 4.79 Å². The van der Waals surface area contributed by atoms with Gasteiger partial charge in [0.05, 0.1) is 18.7 Å². The smallest absolute Gasteiger partial charge is 0.268 e. The number of carbonyl (C=O) groups excluding carboxylic acids is 1. The van der Waals surface area contributed by atoms with Gasteiger partial charge < -0.3 is 24.3 Å². The van der Waals surface area contributed by atoms with Gasteiger partial charge in [-0.05, 0) is 37.6 Å². The lowest BCUT2D eigenvalue weighted by atomic mass is 10.3. The van der Waals surface area contributed by atoms with Crippen LogP contribution in [0.4, 0.5) is 5.82 Å². The lowest BCUT2D eigenvalue weighted by Crippen LogP contribution is -2.37. The van der Waals surface area contributed by atoms with Crippen LogP contribution < -0.4 is 10.2 Å². The summed E-state index contributed by atoms with van der Waals surface area (Å²) in [6.07, 6.45) is 0. The number of amides is 1. The molecule has 0 bridgehead atoms. The quantitative estimate of drug-likeness (QED) is 0.375. The topological polar surface area (TPSA) is 81.5 Å². The maximum atomic E-state index is 12.9. The minimum atomic E-state index is -1.21. The maximum Gasteiger partial charge on any atom is 0.268 e. The molecular formula is C20H32ClN5O3Si. The highest BCUT2D eigenvalue weighted by Gasteiger charge is 2.25. The molecule has 0 atom stereocenters. The Morgan fingerprint density at radius 1 is 1.30 bits per heavy atom. The van der Waals surface area contributed by atoms with Crippen molar-refractivity contribution in [2.75, 3.05) is 37.8 Å². The van der Waals surface area contributed by atoms with Crippen LogP contribution in [0.1, 0.15) is 24.3 Å². The Morgan fingerprint density at radius 3 is 2.63 bits per heavy atom. The summed E-state index contributed by atoms with van der Waals surface area (Å²) >= 11 is 6.23.